The highest BCUT2D eigenvalue weighted by Crippen LogP contribution is 2.23. The van der Waals surface area contributed by atoms with Gasteiger partial charge in [0.25, 0.3) is 0 Å². The maximum Gasteiger partial charge on any atom is 0.319 e. The highest BCUT2D eigenvalue weighted by Gasteiger charge is 2.19. The van der Waals surface area contributed by atoms with E-state index < -0.39 is 9.84 Å². The topological polar surface area (TPSA) is 75.3 Å². The van der Waals surface area contributed by atoms with Crippen LogP contribution in [0.5, 0.6) is 0 Å². The second kappa shape index (κ2) is 7.13. The minimum Gasteiger partial charge on any atom is -0.335 e. The minimum absolute atomic E-state index is 0.0698. The van der Waals surface area contributed by atoms with Crippen molar-refractivity contribution in [3.63, 3.8) is 0 Å². The first-order valence-corrected chi connectivity index (χ1v) is 9.46. The van der Waals surface area contributed by atoms with Crippen LogP contribution in [0.2, 0.25) is 0 Å². The van der Waals surface area contributed by atoms with E-state index in [1.54, 1.807) is 19.1 Å². The fraction of sp³-hybridized carbons (Fsp3) is 0.562. The highest BCUT2D eigenvalue weighted by molar-refractivity contribution is 7.91. The first kappa shape index (κ1) is 16.8. The highest BCUT2D eigenvalue weighted by atomic mass is 32.2. The van der Waals surface area contributed by atoms with Gasteiger partial charge in [-0.15, -0.1) is 0 Å². The van der Waals surface area contributed by atoms with Crippen molar-refractivity contribution in [3.05, 3.63) is 24.3 Å². The molecule has 1 aliphatic carbocycles. The number of anilines is 1. The molecule has 22 heavy (non-hydrogen) atoms. The van der Waals surface area contributed by atoms with Crippen molar-refractivity contribution in [2.75, 3.05) is 11.1 Å². The fourth-order valence-electron chi connectivity index (χ4n) is 2.67. The van der Waals surface area contributed by atoms with Crippen LogP contribution in [0.15, 0.2) is 29.2 Å². The molecule has 0 bridgehead atoms. The standard InChI is InChI=1S/C16H24N2O3S/c1-3-22(20,21)15-10-8-14(9-11-15)18-16(19)17-13-6-4-12(2)5-7-13/h8-13H,3-7H2,1-2H3,(H2,17,18,19). The van der Waals surface area contributed by atoms with E-state index in [0.717, 1.165) is 31.6 Å². The van der Waals surface area contributed by atoms with Gasteiger partial charge in [0, 0.05) is 11.7 Å². The van der Waals surface area contributed by atoms with Gasteiger partial charge in [0.2, 0.25) is 0 Å². The van der Waals surface area contributed by atoms with Crippen LogP contribution < -0.4 is 10.6 Å². The van der Waals surface area contributed by atoms with Gasteiger partial charge in [0.15, 0.2) is 9.84 Å². The molecule has 122 valence electrons. The molecule has 1 aliphatic rings. The number of hydrogen-bond acceptors (Lipinski definition) is 3. The van der Waals surface area contributed by atoms with Gasteiger partial charge in [-0.1, -0.05) is 13.8 Å². The van der Waals surface area contributed by atoms with Gasteiger partial charge in [0.1, 0.15) is 0 Å². The van der Waals surface area contributed by atoms with Crippen LogP contribution in [-0.2, 0) is 9.84 Å². The summed E-state index contributed by atoms with van der Waals surface area (Å²) in [5.74, 6) is 0.814. The summed E-state index contributed by atoms with van der Waals surface area (Å²) in [5.41, 5.74) is 0.594. The minimum atomic E-state index is -3.20. The van der Waals surface area contributed by atoms with Crippen molar-refractivity contribution in [2.45, 2.75) is 50.5 Å². The lowest BCUT2D eigenvalue weighted by Gasteiger charge is -2.26. The van der Waals surface area contributed by atoms with Crippen molar-refractivity contribution < 1.29 is 13.2 Å². The van der Waals surface area contributed by atoms with E-state index >= 15 is 0 Å². The molecule has 5 nitrogen and oxygen atoms in total. The average Bonchev–Trinajstić information content (AvgIpc) is 2.50. The monoisotopic (exact) mass is 324 g/mol. The molecule has 0 aromatic heterocycles. The molecular formula is C16H24N2O3S. The molecule has 0 spiro atoms. The van der Waals surface area contributed by atoms with E-state index in [2.05, 4.69) is 17.6 Å². The van der Waals surface area contributed by atoms with Gasteiger partial charge in [-0.25, -0.2) is 13.2 Å². The van der Waals surface area contributed by atoms with Crippen molar-refractivity contribution in [3.8, 4) is 0 Å². The Hall–Kier alpha value is -1.56. The third-order valence-electron chi connectivity index (χ3n) is 4.20. The Morgan fingerprint density at radius 1 is 1.14 bits per heavy atom. The van der Waals surface area contributed by atoms with E-state index in [1.165, 1.54) is 12.1 Å². The van der Waals surface area contributed by atoms with Gasteiger partial charge in [0.05, 0.1) is 10.6 Å². The molecule has 0 aliphatic heterocycles. The molecule has 0 heterocycles. The number of benzene rings is 1. The smallest absolute Gasteiger partial charge is 0.319 e. The van der Waals surface area contributed by atoms with Crippen LogP contribution >= 0.6 is 0 Å². The number of rotatable bonds is 4. The van der Waals surface area contributed by atoms with Crippen molar-refractivity contribution >= 4 is 21.6 Å². The fourth-order valence-corrected chi connectivity index (χ4v) is 3.55. The third-order valence-corrected chi connectivity index (χ3v) is 5.95. The quantitative estimate of drug-likeness (QED) is 0.893. The Bertz CT molecular complexity index is 603. The van der Waals surface area contributed by atoms with Crippen LogP contribution in [0.1, 0.15) is 39.5 Å². The predicted molar refractivity (Wildman–Crippen MR) is 87.7 cm³/mol. The molecule has 0 saturated heterocycles. The zero-order chi connectivity index (χ0) is 16.2. The summed E-state index contributed by atoms with van der Waals surface area (Å²) in [6, 6.07) is 6.28. The number of urea groups is 1. The van der Waals surface area contributed by atoms with Gasteiger partial charge in [-0.3, -0.25) is 0 Å². The van der Waals surface area contributed by atoms with Crippen LogP contribution in [0.25, 0.3) is 0 Å². The molecule has 0 unspecified atom stereocenters. The normalized spacial score (nSPS) is 22.1. The van der Waals surface area contributed by atoms with E-state index in [-0.39, 0.29) is 22.7 Å². The number of carbonyl (C=O) groups is 1. The Labute approximate surface area is 132 Å². The Morgan fingerprint density at radius 2 is 1.73 bits per heavy atom. The molecule has 6 heteroatoms. The van der Waals surface area contributed by atoms with Gasteiger partial charge >= 0.3 is 6.03 Å². The van der Waals surface area contributed by atoms with Crippen LogP contribution in [0.3, 0.4) is 0 Å². The maximum atomic E-state index is 12.0. The Balaban J connectivity index is 1.89. The van der Waals surface area contributed by atoms with Gasteiger partial charge < -0.3 is 10.6 Å². The number of amides is 2. The van der Waals surface area contributed by atoms with Crippen LogP contribution in [-0.4, -0.2) is 26.2 Å². The van der Waals surface area contributed by atoms with E-state index in [4.69, 9.17) is 0 Å². The summed E-state index contributed by atoms with van der Waals surface area (Å²) in [7, 11) is -3.20. The molecule has 1 aromatic rings. The molecular weight excluding hydrogens is 300 g/mol. The van der Waals surface area contributed by atoms with Crippen molar-refractivity contribution in [1.82, 2.24) is 5.32 Å². The first-order chi connectivity index (χ1) is 10.4. The summed E-state index contributed by atoms with van der Waals surface area (Å²) in [6.45, 7) is 3.85. The zero-order valence-corrected chi connectivity index (χ0v) is 13.9. The van der Waals surface area contributed by atoms with Crippen molar-refractivity contribution in [2.24, 2.45) is 5.92 Å². The number of sulfone groups is 1. The third kappa shape index (κ3) is 4.47. The summed E-state index contributed by atoms with van der Waals surface area (Å²) in [5, 5.41) is 5.73. The lowest BCUT2D eigenvalue weighted by atomic mass is 9.87. The molecule has 0 radical (unpaired) electrons. The van der Waals surface area contributed by atoms with Crippen LogP contribution in [0.4, 0.5) is 10.5 Å². The number of hydrogen-bond donors (Lipinski definition) is 2. The number of nitrogens with one attached hydrogen (secondary N) is 2. The Kier molecular flexibility index (Phi) is 5.45. The second-order valence-electron chi connectivity index (χ2n) is 5.98. The van der Waals surface area contributed by atoms with E-state index in [9.17, 15) is 13.2 Å². The number of carbonyl (C=O) groups excluding carboxylic acids is 1. The average molecular weight is 324 g/mol. The summed E-state index contributed by atoms with van der Waals surface area (Å²) < 4.78 is 23.4. The lowest BCUT2D eigenvalue weighted by molar-refractivity contribution is 0.239. The molecule has 2 amide bonds. The largest absolute Gasteiger partial charge is 0.335 e. The molecule has 2 rings (SSSR count). The van der Waals surface area contributed by atoms with Gasteiger partial charge in [-0.2, -0.15) is 0 Å². The zero-order valence-electron chi connectivity index (χ0n) is 13.1. The molecule has 2 N–H and O–H groups in total. The van der Waals surface area contributed by atoms with Crippen LogP contribution in [0, 0.1) is 5.92 Å². The molecule has 1 aromatic carbocycles. The van der Waals surface area contributed by atoms with E-state index in [1.807, 2.05) is 0 Å². The van der Waals surface area contributed by atoms with E-state index in [0.29, 0.717) is 5.69 Å². The molecule has 1 fully saturated rings. The van der Waals surface area contributed by atoms with Crippen molar-refractivity contribution in [1.29, 1.82) is 0 Å². The summed E-state index contributed by atoms with van der Waals surface area (Å²) in [6.07, 6.45) is 4.33. The lowest BCUT2D eigenvalue weighted by Crippen LogP contribution is -2.39. The SMILES string of the molecule is CCS(=O)(=O)c1ccc(NC(=O)NC2CCC(C)CC2)cc1. The maximum absolute atomic E-state index is 12.0. The first-order valence-electron chi connectivity index (χ1n) is 7.81. The summed E-state index contributed by atoms with van der Waals surface area (Å²) in [4.78, 5) is 12.2. The Morgan fingerprint density at radius 3 is 2.27 bits per heavy atom. The molecule has 0 atom stereocenters. The summed E-state index contributed by atoms with van der Waals surface area (Å²) >= 11 is 0. The van der Waals surface area contributed by atoms with Gasteiger partial charge in [-0.05, 0) is 55.9 Å². The molecule has 1 saturated carbocycles. The predicted octanol–water partition coefficient (Wildman–Crippen LogP) is 3.18. The second-order valence-corrected chi connectivity index (χ2v) is 8.26.